The van der Waals surface area contributed by atoms with E-state index in [9.17, 15) is 0 Å². The Morgan fingerprint density at radius 1 is 0.727 bits per heavy atom. The average molecular weight is 380 g/mol. The van der Waals surface area contributed by atoms with E-state index < -0.39 is 0 Å². The van der Waals surface area contributed by atoms with Crippen molar-refractivity contribution in [2.45, 2.75) is 13.1 Å². The van der Waals surface area contributed by atoms with E-state index in [-0.39, 0.29) is 5.43 Å². The maximum Gasteiger partial charge on any atom is -0.0771 e. The zero-order valence-electron chi connectivity index (χ0n) is 13.1. The standard InChI is InChI=1S/C13H9.C5H5.C2H6Si.Zr/c1-3-7-12-10(5-1)9-11-6-2-4-8-13(11)12;1-2-4-5-3-1;1-3-2;/h1-9H;1-5H;1-2H3;/q2*-1;;+2. The van der Waals surface area contributed by atoms with Gasteiger partial charge in [0.05, 0.1) is 0 Å². The fourth-order valence-electron chi connectivity index (χ4n) is 2.22. The fraction of sp³-hybridized carbons (Fsp3) is 0.100. The van der Waals surface area contributed by atoms with E-state index >= 15 is 0 Å². The summed E-state index contributed by atoms with van der Waals surface area (Å²) in [4.78, 5) is 0. The summed E-state index contributed by atoms with van der Waals surface area (Å²) in [6.07, 6.45) is 0. The van der Waals surface area contributed by atoms with Gasteiger partial charge in [-0.15, -0.1) is 39.7 Å². The van der Waals surface area contributed by atoms with E-state index in [4.69, 9.17) is 0 Å². The molecule has 0 unspecified atom stereocenters. The Balaban J connectivity index is 0.000000163. The second-order valence-corrected chi connectivity index (χ2v) is 14.7. The molecule has 0 fully saturated rings. The Morgan fingerprint density at radius 2 is 1.14 bits per heavy atom. The molecule has 0 aliphatic rings. The van der Waals surface area contributed by atoms with Gasteiger partial charge in [-0.05, 0) is 0 Å². The zero-order valence-corrected chi connectivity index (χ0v) is 16.5. The summed E-state index contributed by atoms with van der Waals surface area (Å²) in [6, 6.07) is 29.3. The van der Waals surface area contributed by atoms with Gasteiger partial charge in [0, 0.05) is 0 Å². The van der Waals surface area contributed by atoms with Gasteiger partial charge in [0.1, 0.15) is 0 Å². The Kier molecular flexibility index (Phi) is 7.02. The van der Waals surface area contributed by atoms with Crippen molar-refractivity contribution < 1.29 is 23.3 Å². The van der Waals surface area contributed by atoms with Crippen LogP contribution >= 0.6 is 0 Å². The molecule has 0 saturated heterocycles. The minimum Gasteiger partial charge on any atom is -0.214 e. The second kappa shape index (κ2) is 9.02. The molecule has 0 heterocycles. The molecule has 0 aliphatic carbocycles. The minimum absolute atomic E-state index is 0.210. The van der Waals surface area contributed by atoms with Gasteiger partial charge < -0.3 is 0 Å². The van der Waals surface area contributed by atoms with E-state index in [1.807, 2.05) is 30.3 Å². The van der Waals surface area contributed by atoms with Crippen LogP contribution in [0.4, 0.5) is 0 Å². The van der Waals surface area contributed by atoms with E-state index in [1.165, 1.54) is 21.5 Å². The van der Waals surface area contributed by atoms with Crippen LogP contribution in [-0.4, -0.2) is 5.43 Å². The molecule has 0 N–H and O–H groups in total. The minimum atomic E-state index is 0.210. The van der Waals surface area contributed by atoms with Crippen LogP contribution in [0.15, 0.2) is 84.9 Å². The Morgan fingerprint density at radius 3 is 1.50 bits per heavy atom. The maximum atomic E-state index is 2.31. The first kappa shape index (κ1) is 17.1. The molecule has 0 atom stereocenters. The third-order valence-corrected chi connectivity index (χ3v) is 3.08. The van der Waals surface area contributed by atoms with Gasteiger partial charge in [-0.2, -0.15) is 18.2 Å². The van der Waals surface area contributed by atoms with Gasteiger partial charge >= 0.3 is 41.9 Å². The van der Waals surface area contributed by atoms with Gasteiger partial charge in [-0.1, -0.05) is 36.4 Å². The van der Waals surface area contributed by atoms with Crippen molar-refractivity contribution in [2.24, 2.45) is 0 Å². The molecule has 0 bridgehead atoms. The number of hydrogen-bond acceptors (Lipinski definition) is 0. The first-order chi connectivity index (χ1) is 10.7. The van der Waals surface area contributed by atoms with Crippen LogP contribution in [0.3, 0.4) is 0 Å². The molecule has 4 aromatic carbocycles. The second-order valence-electron chi connectivity index (χ2n) is 5.28. The van der Waals surface area contributed by atoms with Gasteiger partial charge in [-0.3, -0.25) is 0 Å². The van der Waals surface area contributed by atoms with Crippen molar-refractivity contribution in [3.8, 4) is 0 Å². The number of benzene rings is 2. The van der Waals surface area contributed by atoms with Crippen LogP contribution in [0.2, 0.25) is 13.1 Å². The Hall–Kier alpha value is -1.24. The summed E-state index contributed by atoms with van der Waals surface area (Å²) < 4.78 is 0. The largest absolute Gasteiger partial charge is 0.214 e. The van der Waals surface area contributed by atoms with Crippen LogP contribution in [0.1, 0.15) is 0 Å². The number of hydrogen-bond donors (Lipinski definition) is 0. The molecular weight excluding hydrogens is 360 g/mol. The normalized spacial score (nSPS) is 9.64. The third kappa shape index (κ3) is 5.19. The molecule has 0 radical (unpaired) electrons. The summed E-state index contributed by atoms with van der Waals surface area (Å²) in [6.45, 7) is 4.62. The molecule has 0 amide bonds. The van der Waals surface area contributed by atoms with Crippen LogP contribution in [0.25, 0.3) is 21.5 Å². The van der Waals surface area contributed by atoms with Gasteiger partial charge in [0.15, 0.2) is 0 Å². The average Bonchev–Trinajstić information content (AvgIpc) is 3.18. The topological polar surface area (TPSA) is 0 Å². The SMILES string of the molecule is C[Si](C)=[Zr+2].c1cc[cH-]c1.c1ccc2c(c1)[cH-]c1ccccc12. The predicted octanol–water partition coefficient (Wildman–Crippen LogP) is 5.90. The van der Waals surface area contributed by atoms with E-state index in [0.29, 0.717) is 0 Å². The number of rotatable bonds is 0. The van der Waals surface area contributed by atoms with Crippen LogP contribution in [0.5, 0.6) is 0 Å². The predicted molar refractivity (Wildman–Crippen MR) is 96.6 cm³/mol. The Bertz CT molecular complexity index is 754. The van der Waals surface area contributed by atoms with E-state index in [1.54, 1.807) is 23.3 Å². The summed E-state index contributed by atoms with van der Waals surface area (Å²) in [5.74, 6) is 0. The third-order valence-electron chi connectivity index (χ3n) is 3.08. The van der Waals surface area contributed by atoms with E-state index in [0.717, 1.165) is 0 Å². The van der Waals surface area contributed by atoms with Crippen molar-refractivity contribution in [2.75, 3.05) is 0 Å². The van der Waals surface area contributed by atoms with Gasteiger partial charge in [0.25, 0.3) is 0 Å². The van der Waals surface area contributed by atoms with Crippen LogP contribution in [-0.2, 0) is 23.3 Å². The van der Waals surface area contributed by atoms with Crippen molar-refractivity contribution >= 4 is 27.0 Å². The quantitative estimate of drug-likeness (QED) is 0.263. The molecule has 0 aromatic heterocycles. The Labute approximate surface area is 147 Å². The fourth-order valence-corrected chi connectivity index (χ4v) is 2.22. The zero-order chi connectivity index (χ0) is 15.8. The molecule has 4 rings (SSSR count). The van der Waals surface area contributed by atoms with Crippen molar-refractivity contribution in [3.05, 3.63) is 84.9 Å². The summed E-state index contributed by atoms with van der Waals surface area (Å²) in [5.41, 5.74) is 0.210. The van der Waals surface area contributed by atoms with E-state index in [2.05, 4.69) is 67.7 Å². The van der Waals surface area contributed by atoms with Crippen molar-refractivity contribution in [1.29, 1.82) is 0 Å². The monoisotopic (exact) mass is 378 g/mol. The molecule has 0 aliphatic heterocycles. The van der Waals surface area contributed by atoms with Gasteiger partial charge in [-0.25, -0.2) is 12.1 Å². The molecule has 0 nitrogen and oxygen atoms in total. The van der Waals surface area contributed by atoms with Crippen molar-refractivity contribution in [3.63, 3.8) is 0 Å². The molecular formula is C20H20SiZr. The molecule has 0 saturated carbocycles. The molecule has 4 aromatic rings. The molecule has 108 valence electrons. The summed E-state index contributed by atoms with van der Waals surface area (Å²) in [7, 11) is 0. The first-order valence-corrected chi connectivity index (χ1v) is 13.6. The first-order valence-electron chi connectivity index (χ1n) is 7.40. The maximum absolute atomic E-state index is 2.31. The molecule has 22 heavy (non-hydrogen) atoms. The van der Waals surface area contributed by atoms with Crippen LogP contribution in [0, 0.1) is 0 Å². The smallest absolute Gasteiger partial charge is 0.0771 e. The summed E-state index contributed by atoms with van der Waals surface area (Å²) in [5, 5.41) is 5.39. The molecule has 2 heteroatoms. The molecule has 0 spiro atoms. The number of fused-ring (bicyclic) bond motifs is 3. The van der Waals surface area contributed by atoms with Gasteiger partial charge in [0.2, 0.25) is 0 Å². The van der Waals surface area contributed by atoms with Crippen molar-refractivity contribution in [1.82, 2.24) is 0 Å². The summed E-state index contributed by atoms with van der Waals surface area (Å²) >= 11 is 1.74. The van der Waals surface area contributed by atoms with Crippen LogP contribution < -0.4 is 0 Å².